The number of ether oxygens (including phenoxy) is 1. The zero-order valence-electron chi connectivity index (χ0n) is 21.4. The number of halogens is 1. The van der Waals surface area contributed by atoms with Gasteiger partial charge in [0.25, 0.3) is 0 Å². The first kappa shape index (κ1) is 26.7. The number of hydrogen-bond donors (Lipinski definition) is 1. The molecular weight excluding hydrogens is 484 g/mol. The fourth-order valence-electron chi connectivity index (χ4n) is 4.94. The lowest BCUT2D eigenvalue weighted by Crippen LogP contribution is -2.53. The van der Waals surface area contributed by atoms with Gasteiger partial charge in [0.1, 0.15) is 11.8 Å². The van der Waals surface area contributed by atoms with E-state index in [1.165, 1.54) is 6.42 Å². The van der Waals surface area contributed by atoms with E-state index in [4.69, 9.17) is 16.3 Å². The SMILES string of the molecule is COc1cccc(CN(C(=O)Cc2ccc(Cl)cc2)[C@H](Cc2ccccc2)C(=O)NC2CCCCC2)c1. The summed E-state index contributed by atoms with van der Waals surface area (Å²) in [4.78, 5) is 29.4. The molecule has 1 atom stereocenters. The number of carbonyl (C=O) groups is 2. The summed E-state index contributed by atoms with van der Waals surface area (Å²) in [6.07, 6.45) is 6.05. The van der Waals surface area contributed by atoms with E-state index in [0.29, 0.717) is 23.7 Å². The molecule has 1 fully saturated rings. The molecule has 0 saturated heterocycles. The third-order valence-electron chi connectivity index (χ3n) is 6.98. The summed E-state index contributed by atoms with van der Waals surface area (Å²) in [5.74, 6) is 0.516. The van der Waals surface area contributed by atoms with E-state index >= 15 is 0 Å². The average Bonchev–Trinajstić information content (AvgIpc) is 2.93. The molecule has 1 N–H and O–H groups in total. The second kappa shape index (κ2) is 13.3. The van der Waals surface area contributed by atoms with Crippen molar-refractivity contribution in [3.63, 3.8) is 0 Å². The lowest BCUT2D eigenvalue weighted by Gasteiger charge is -2.33. The predicted molar refractivity (Wildman–Crippen MR) is 148 cm³/mol. The molecular formula is C31H35ClN2O3. The summed E-state index contributed by atoms with van der Waals surface area (Å²) >= 11 is 6.06. The molecule has 3 aromatic rings. The molecule has 194 valence electrons. The van der Waals surface area contributed by atoms with Crippen molar-refractivity contribution in [1.29, 1.82) is 0 Å². The maximum atomic E-state index is 13.9. The molecule has 2 amide bonds. The van der Waals surface area contributed by atoms with Crippen molar-refractivity contribution in [2.24, 2.45) is 0 Å². The monoisotopic (exact) mass is 518 g/mol. The van der Waals surface area contributed by atoms with Gasteiger partial charge in [-0.05, 0) is 53.8 Å². The number of amides is 2. The predicted octanol–water partition coefficient (Wildman–Crippen LogP) is 5.98. The molecule has 3 aromatic carbocycles. The fourth-order valence-corrected chi connectivity index (χ4v) is 5.07. The number of methoxy groups -OCH3 is 1. The van der Waals surface area contributed by atoms with Crippen molar-refractivity contribution in [3.05, 3.63) is 101 Å². The van der Waals surface area contributed by atoms with Gasteiger partial charge in [-0.2, -0.15) is 0 Å². The second-order valence-electron chi connectivity index (χ2n) is 9.73. The van der Waals surface area contributed by atoms with Gasteiger partial charge in [0, 0.05) is 24.0 Å². The molecule has 6 heteroatoms. The highest BCUT2D eigenvalue weighted by atomic mass is 35.5. The molecule has 0 unspecified atom stereocenters. The zero-order valence-corrected chi connectivity index (χ0v) is 22.1. The zero-order chi connectivity index (χ0) is 26.0. The van der Waals surface area contributed by atoms with E-state index in [2.05, 4.69) is 5.32 Å². The quantitative estimate of drug-likeness (QED) is 0.359. The highest BCUT2D eigenvalue weighted by Gasteiger charge is 2.32. The van der Waals surface area contributed by atoms with Crippen molar-refractivity contribution in [3.8, 4) is 5.75 Å². The molecule has 1 aliphatic rings. The molecule has 0 bridgehead atoms. The average molecular weight is 519 g/mol. The fraction of sp³-hybridized carbons (Fsp3) is 0.355. The summed E-state index contributed by atoms with van der Waals surface area (Å²) in [7, 11) is 1.62. The number of benzene rings is 3. The first-order valence-electron chi connectivity index (χ1n) is 13.0. The molecule has 0 radical (unpaired) electrons. The largest absolute Gasteiger partial charge is 0.497 e. The molecule has 4 rings (SSSR count). The second-order valence-corrected chi connectivity index (χ2v) is 10.2. The summed E-state index contributed by atoms with van der Waals surface area (Å²) in [5.41, 5.74) is 2.78. The van der Waals surface area contributed by atoms with Gasteiger partial charge >= 0.3 is 0 Å². The van der Waals surface area contributed by atoms with E-state index in [9.17, 15) is 9.59 Å². The maximum Gasteiger partial charge on any atom is 0.243 e. The van der Waals surface area contributed by atoms with Crippen molar-refractivity contribution in [1.82, 2.24) is 10.2 Å². The van der Waals surface area contributed by atoms with E-state index < -0.39 is 6.04 Å². The summed E-state index contributed by atoms with van der Waals surface area (Å²) in [6, 6.07) is 24.4. The van der Waals surface area contributed by atoms with Crippen LogP contribution in [0.3, 0.4) is 0 Å². The van der Waals surface area contributed by atoms with Gasteiger partial charge in [0.2, 0.25) is 11.8 Å². The van der Waals surface area contributed by atoms with Gasteiger partial charge in [-0.3, -0.25) is 9.59 Å². The van der Waals surface area contributed by atoms with Crippen LogP contribution >= 0.6 is 11.6 Å². The minimum Gasteiger partial charge on any atom is -0.497 e. The molecule has 5 nitrogen and oxygen atoms in total. The highest BCUT2D eigenvalue weighted by molar-refractivity contribution is 6.30. The maximum absolute atomic E-state index is 13.9. The molecule has 1 saturated carbocycles. The number of rotatable bonds is 10. The third-order valence-corrected chi connectivity index (χ3v) is 7.23. The highest BCUT2D eigenvalue weighted by Crippen LogP contribution is 2.22. The van der Waals surface area contributed by atoms with Crippen LogP contribution in [0.5, 0.6) is 5.75 Å². The van der Waals surface area contributed by atoms with E-state index in [1.54, 1.807) is 24.1 Å². The lowest BCUT2D eigenvalue weighted by atomic mass is 9.94. The van der Waals surface area contributed by atoms with Crippen molar-refractivity contribution >= 4 is 23.4 Å². The number of carbonyl (C=O) groups excluding carboxylic acids is 2. The Balaban J connectivity index is 1.65. The van der Waals surface area contributed by atoms with Crippen LogP contribution in [0, 0.1) is 0 Å². The van der Waals surface area contributed by atoms with Gasteiger partial charge in [-0.15, -0.1) is 0 Å². The smallest absolute Gasteiger partial charge is 0.243 e. The Hall–Kier alpha value is -3.31. The van der Waals surface area contributed by atoms with Gasteiger partial charge in [0.15, 0.2) is 0 Å². The molecule has 0 aromatic heterocycles. The minimum absolute atomic E-state index is 0.0943. The van der Waals surface area contributed by atoms with Crippen LogP contribution in [0.2, 0.25) is 5.02 Å². The van der Waals surface area contributed by atoms with Crippen LogP contribution < -0.4 is 10.1 Å². The van der Waals surface area contributed by atoms with Crippen LogP contribution in [0.1, 0.15) is 48.8 Å². The third kappa shape index (κ3) is 7.83. The first-order valence-corrected chi connectivity index (χ1v) is 13.4. The Kier molecular flexibility index (Phi) is 9.61. The molecule has 0 spiro atoms. The van der Waals surface area contributed by atoms with Gasteiger partial charge in [-0.25, -0.2) is 0 Å². The summed E-state index contributed by atoms with van der Waals surface area (Å²) in [5, 5.41) is 3.90. The number of nitrogens with one attached hydrogen (secondary N) is 1. The van der Waals surface area contributed by atoms with Crippen LogP contribution in [-0.4, -0.2) is 35.9 Å². The Morgan fingerprint density at radius 1 is 0.919 bits per heavy atom. The molecule has 37 heavy (non-hydrogen) atoms. The minimum atomic E-state index is -0.643. The van der Waals surface area contributed by atoms with Crippen LogP contribution in [0.25, 0.3) is 0 Å². The van der Waals surface area contributed by atoms with Crippen molar-refractivity contribution < 1.29 is 14.3 Å². The first-order chi connectivity index (χ1) is 18.0. The molecule has 0 heterocycles. The Morgan fingerprint density at radius 3 is 2.32 bits per heavy atom. The van der Waals surface area contributed by atoms with Gasteiger partial charge in [-0.1, -0.05) is 85.5 Å². The van der Waals surface area contributed by atoms with Gasteiger partial charge < -0.3 is 15.0 Å². The van der Waals surface area contributed by atoms with Crippen LogP contribution in [-0.2, 0) is 29.0 Å². The Bertz CT molecular complexity index is 1160. The topological polar surface area (TPSA) is 58.6 Å². The number of nitrogens with zero attached hydrogens (tertiary/aromatic N) is 1. The number of hydrogen-bond acceptors (Lipinski definition) is 3. The van der Waals surface area contributed by atoms with E-state index in [-0.39, 0.29) is 24.3 Å². The molecule has 0 aliphatic heterocycles. The van der Waals surface area contributed by atoms with Crippen LogP contribution in [0.15, 0.2) is 78.9 Å². The Morgan fingerprint density at radius 2 is 1.62 bits per heavy atom. The normalized spacial score (nSPS) is 14.5. The standard InChI is InChI=1S/C31H35ClN2O3/c1-37-28-14-8-11-25(19-28)22-34(30(35)21-24-15-17-26(32)18-16-24)29(20-23-9-4-2-5-10-23)31(36)33-27-12-6-3-7-13-27/h2,4-5,8-11,14-19,27,29H,3,6-7,12-13,20-22H2,1H3,(H,33,36)/t29-/m1/s1. The summed E-state index contributed by atoms with van der Waals surface area (Å²) < 4.78 is 5.41. The molecule has 1 aliphatic carbocycles. The van der Waals surface area contributed by atoms with Crippen molar-refractivity contribution in [2.45, 2.75) is 63.6 Å². The van der Waals surface area contributed by atoms with Crippen molar-refractivity contribution in [2.75, 3.05) is 7.11 Å². The van der Waals surface area contributed by atoms with E-state index in [0.717, 1.165) is 42.4 Å². The Labute approximate surface area is 224 Å². The van der Waals surface area contributed by atoms with Gasteiger partial charge in [0.05, 0.1) is 13.5 Å². The lowest BCUT2D eigenvalue weighted by molar-refractivity contribution is -0.141. The van der Waals surface area contributed by atoms with E-state index in [1.807, 2.05) is 66.7 Å². The van der Waals surface area contributed by atoms with Crippen LogP contribution in [0.4, 0.5) is 0 Å². The summed E-state index contributed by atoms with van der Waals surface area (Å²) in [6.45, 7) is 0.305.